The molecule has 0 bridgehead atoms. The van der Waals surface area contributed by atoms with Crippen molar-refractivity contribution in [2.24, 2.45) is 17.6 Å². The molecule has 4 heteroatoms. The first-order chi connectivity index (χ1) is 6.27. The summed E-state index contributed by atoms with van der Waals surface area (Å²) in [7, 11) is 1.40. The zero-order chi connectivity index (χ0) is 9.68. The zero-order valence-electron chi connectivity index (χ0n) is 7.99. The summed E-state index contributed by atoms with van der Waals surface area (Å²) in [6.45, 7) is 1.93. The molecule has 4 nitrogen and oxygen atoms in total. The van der Waals surface area contributed by atoms with Crippen LogP contribution in [-0.2, 0) is 14.3 Å². The first kappa shape index (κ1) is 10.5. The molecular formula is C9H17NO3. The van der Waals surface area contributed by atoms with Gasteiger partial charge in [-0.1, -0.05) is 0 Å². The van der Waals surface area contributed by atoms with Crippen LogP contribution >= 0.6 is 0 Å². The smallest absolute Gasteiger partial charge is 0.309 e. The van der Waals surface area contributed by atoms with Gasteiger partial charge in [0, 0.05) is 19.8 Å². The van der Waals surface area contributed by atoms with Gasteiger partial charge in [0.1, 0.15) is 0 Å². The lowest BCUT2D eigenvalue weighted by molar-refractivity contribution is -0.145. The Bertz CT molecular complexity index is 166. The third kappa shape index (κ3) is 2.97. The van der Waals surface area contributed by atoms with E-state index in [4.69, 9.17) is 10.5 Å². The van der Waals surface area contributed by atoms with Gasteiger partial charge in [-0.2, -0.15) is 0 Å². The fourth-order valence-corrected chi connectivity index (χ4v) is 1.63. The van der Waals surface area contributed by atoms with Crippen LogP contribution in [0.1, 0.15) is 12.8 Å². The molecule has 0 aromatic carbocycles. The van der Waals surface area contributed by atoms with Gasteiger partial charge in [-0.05, 0) is 18.8 Å². The largest absolute Gasteiger partial charge is 0.469 e. The van der Waals surface area contributed by atoms with Crippen LogP contribution < -0.4 is 5.73 Å². The number of esters is 1. The highest BCUT2D eigenvalue weighted by atomic mass is 16.5. The SMILES string of the molecule is COC(=O)[C@@H](CN)C[C@@H]1CCOC1. The summed E-state index contributed by atoms with van der Waals surface area (Å²) < 4.78 is 9.88. The number of rotatable bonds is 4. The monoisotopic (exact) mass is 187 g/mol. The van der Waals surface area contributed by atoms with E-state index in [-0.39, 0.29) is 11.9 Å². The van der Waals surface area contributed by atoms with Gasteiger partial charge in [0.05, 0.1) is 13.0 Å². The van der Waals surface area contributed by atoms with Crippen LogP contribution in [0.5, 0.6) is 0 Å². The fourth-order valence-electron chi connectivity index (χ4n) is 1.63. The van der Waals surface area contributed by atoms with E-state index in [1.165, 1.54) is 7.11 Å². The molecule has 0 aromatic rings. The van der Waals surface area contributed by atoms with Gasteiger partial charge < -0.3 is 15.2 Å². The Balaban J connectivity index is 2.33. The highest BCUT2D eigenvalue weighted by molar-refractivity contribution is 5.72. The second-order valence-electron chi connectivity index (χ2n) is 3.42. The normalized spacial score (nSPS) is 24.3. The number of carbonyl (C=O) groups is 1. The quantitative estimate of drug-likeness (QED) is 0.637. The summed E-state index contributed by atoms with van der Waals surface area (Å²) >= 11 is 0. The summed E-state index contributed by atoms with van der Waals surface area (Å²) in [5.41, 5.74) is 5.49. The third-order valence-corrected chi connectivity index (χ3v) is 2.46. The zero-order valence-corrected chi connectivity index (χ0v) is 7.99. The Morgan fingerprint density at radius 3 is 3.00 bits per heavy atom. The second kappa shape index (κ2) is 5.19. The maximum absolute atomic E-state index is 11.2. The van der Waals surface area contributed by atoms with Crippen molar-refractivity contribution in [3.63, 3.8) is 0 Å². The predicted octanol–water partition coefficient (Wildman–Crippen LogP) is 0.161. The maximum atomic E-state index is 11.2. The van der Waals surface area contributed by atoms with Crippen molar-refractivity contribution >= 4 is 5.97 Å². The first-order valence-corrected chi connectivity index (χ1v) is 4.63. The van der Waals surface area contributed by atoms with Crippen molar-refractivity contribution in [1.29, 1.82) is 0 Å². The second-order valence-corrected chi connectivity index (χ2v) is 3.42. The Morgan fingerprint density at radius 1 is 1.77 bits per heavy atom. The lowest BCUT2D eigenvalue weighted by Crippen LogP contribution is -2.27. The average Bonchev–Trinajstić information content (AvgIpc) is 2.65. The third-order valence-electron chi connectivity index (χ3n) is 2.46. The van der Waals surface area contributed by atoms with E-state index in [2.05, 4.69) is 4.74 Å². The van der Waals surface area contributed by atoms with Gasteiger partial charge in [-0.15, -0.1) is 0 Å². The van der Waals surface area contributed by atoms with E-state index in [0.29, 0.717) is 12.5 Å². The number of hydrogen-bond acceptors (Lipinski definition) is 4. The van der Waals surface area contributed by atoms with Gasteiger partial charge in [-0.3, -0.25) is 4.79 Å². The molecule has 1 fully saturated rings. The van der Waals surface area contributed by atoms with Gasteiger partial charge in [-0.25, -0.2) is 0 Å². The van der Waals surface area contributed by atoms with E-state index in [0.717, 1.165) is 26.1 Å². The molecule has 0 spiro atoms. The Kier molecular flexibility index (Phi) is 4.18. The molecule has 0 saturated carbocycles. The van der Waals surface area contributed by atoms with Crippen LogP contribution in [0.4, 0.5) is 0 Å². The molecule has 2 N–H and O–H groups in total. The molecular weight excluding hydrogens is 170 g/mol. The molecule has 2 atom stereocenters. The molecule has 0 aliphatic carbocycles. The van der Waals surface area contributed by atoms with Crippen molar-refractivity contribution in [2.75, 3.05) is 26.9 Å². The predicted molar refractivity (Wildman–Crippen MR) is 48.1 cm³/mol. The molecule has 1 heterocycles. The molecule has 1 rings (SSSR count). The van der Waals surface area contributed by atoms with Gasteiger partial charge in [0.15, 0.2) is 0 Å². The molecule has 0 aromatic heterocycles. The van der Waals surface area contributed by atoms with Crippen LogP contribution in [0.15, 0.2) is 0 Å². The van der Waals surface area contributed by atoms with Gasteiger partial charge >= 0.3 is 5.97 Å². The highest BCUT2D eigenvalue weighted by Crippen LogP contribution is 2.21. The fraction of sp³-hybridized carbons (Fsp3) is 0.889. The first-order valence-electron chi connectivity index (χ1n) is 4.63. The number of carbonyl (C=O) groups excluding carboxylic acids is 1. The average molecular weight is 187 g/mol. The molecule has 1 aliphatic rings. The summed E-state index contributed by atoms with van der Waals surface area (Å²) in [4.78, 5) is 11.2. The summed E-state index contributed by atoms with van der Waals surface area (Å²) in [6, 6.07) is 0. The Hall–Kier alpha value is -0.610. The topological polar surface area (TPSA) is 61.5 Å². The van der Waals surface area contributed by atoms with Crippen molar-refractivity contribution in [2.45, 2.75) is 12.8 Å². The van der Waals surface area contributed by atoms with Crippen LogP contribution in [0, 0.1) is 11.8 Å². The Morgan fingerprint density at radius 2 is 2.54 bits per heavy atom. The minimum Gasteiger partial charge on any atom is -0.469 e. The molecule has 76 valence electrons. The van der Waals surface area contributed by atoms with E-state index in [1.54, 1.807) is 0 Å². The molecule has 1 saturated heterocycles. The standard InChI is InChI=1S/C9H17NO3/c1-12-9(11)8(5-10)4-7-2-3-13-6-7/h7-8H,2-6,10H2,1H3/t7-,8+/m0/s1. The minimum atomic E-state index is -0.200. The summed E-state index contributed by atoms with van der Waals surface area (Å²) in [6.07, 6.45) is 1.83. The number of ether oxygens (including phenoxy) is 2. The van der Waals surface area contributed by atoms with Crippen LogP contribution in [-0.4, -0.2) is 32.8 Å². The number of nitrogens with two attached hydrogens (primary N) is 1. The highest BCUT2D eigenvalue weighted by Gasteiger charge is 2.24. The minimum absolute atomic E-state index is 0.156. The van der Waals surface area contributed by atoms with E-state index in [1.807, 2.05) is 0 Å². The Labute approximate surface area is 78.4 Å². The summed E-state index contributed by atoms with van der Waals surface area (Å²) in [5, 5.41) is 0. The number of methoxy groups -OCH3 is 1. The van der Waals surface area contributed by atoms with Crippen molar-refractivity contribution in [3.05, 3.63) is 0 Å². The van der Waals surface area contributed by atoms with E-state index < -0.39 is 0 Å². The van der Waals surface area contributed by atoms with Crippen molar-refractivity contribution in [3.8, 4) is 0 Å². The van der Waals surface area contributed by atoms with Gasteiger partial charge in [0.2, 0.25) is 0 Å². The number of hydrogen-bond donors (Lipinski definition) is 1. The van der Waals surface area contributed by atoms with Crippen LogP contribution in [0.3, 0.4) is 0 Å². The van der Waals surface area contributed by atoms with Crippen molar-refractivity contribution in [1.82, 2.24) is 0 Å². The summed E-state index contributed by atoms with van der Waals surface area (Å²) in [5.74, 6) is 0.124. The molecule has 0 amide bonds. The van der Waals surface area contributed by atoms with Crippen molar-refractivity contribution < 1.29 is 14.3 Å². The van der Waals surface area contributed by atoms with Crippen LogP contribution in [0.25, 0.3) is 0 Å². The maximum Gasteiger partial charge on any atom is 0.309 e. The lowest BCUT2D eigenvalue weighted by Gasteiger charge is -2.15. The molecule has 1 aliphatic heterocycles. The van der Waals surface area contributed by atoms with E-state index in [9.17, 15) is 4.79 Å². The van der Waals surface area contributed by atoms with Gasteiger partial charge in [0.25, 0.3) is 0 Å². The van der Waals surface area contributed by atoms with E-state index >= 15 is 0 Å². The molecule has 13 heavy (non-hydrogen) atoms. The molecule has 0 unspecified atom stereocenters. The van der Waals surface area contributed by atoms with Crippen LogP contribution in [0.2, 0.25) is 0 Å². The molecule has 0 radical (unpaired) electrons. The lowest BCUT2D eigenvalue weighted by atomic mass is 9.94.